The zero-order valence-electron chi connectivity index (χ0n) is 11.0. The van der Waals surface area contributed by atoms with Crippen molar-refractivity contribution < 1.29 is 0 Å². The summed E-state index contributed by atoms with van der Waals surface area (Å²) in [7, 11) is 0. The van der Waals surface area contributed by atoms with Gasteiger partial charge in [0, 0.05) is 11.6 Å². The van der Waals surface area contributed by atoms with E-state index in [9.17, 15) is 0 Å². The van der Waals surface area contributed by atoms with E-state index in [4.69, 9.17) is 23.2 Å². The smallest absolute Gasteiger partial charge is 0.189 e. The second-order valence-electron chi connectivity index (χ2n) is 5.09. The van der Waals surface area contributed by atoms with E-state index in [0.29, 0.717) is 16.9 Å². The van der Waals surface area contributed by atoms with Gasteiger partial charge in [0.15, 0.2) is 10.8 Å². The van der Waals surface area contributed by atoms with Crippen molar-refractivity contribution in [3.8, 4) is 11.4 Å². The van der Waals surface area contributed by atoms with Crippen LogP contribution in [0.2, 0.25) is 5.15 Å². The summed E-state index contributed by atoms with van der Waals surface area (Å²) in [6.07, 6.45) is 3.93. The summed E-state index contributed by atoms with van der Waals surface area (Å²) in [6.45, 7) is 7.17. The van der Waals surface area contributed by atoms with Gasteiger partial charge in [0.05, 0.1) is 23.8 Å². The first-order valence-electron chi connectivity index (χ1n) is 6.64. The highest BCUT2D eigenvalue weighted by Gasteiger charge is 2.29. The fourth-order valence-electron chi connectivity index (χ4n) is 2.52. The molecule has 0 unspecified atom stereocenters. The van der Waals surface area contributed by atoms with E-state index in [-0.39, 0.29) is 0 Å². The molecule has 0 spiro atoms. The van der Waals surface area contributed by atoms with Gasteiger partial charge in [-0.05, 0) is 31.0 Å². The third kappa shape index (κ3) is 2.05. The maximum atomic E-state index is 7.17. The molecule has 21 heavy (non-hydrogen) atoms. The van der Waals surface area contributed by atoms with E-state index in [0.717, 1.165) is 35.3 Å². The van der Waals surface area contributed by atoms with Crippen LogP contribution in [0, 0.1) is 6.57 Å². The van der Waals surface area contributed by atoms with Crippen molar-refractivity contribution in [2.45, 2.75) is 18.9 Å². The van der Waals surface area contributed by atoms with Crippen LogP contribution in [0.4, 0.5) is 5.69 Å². The number of rotatable bonds is 2. The molecule has 102 valence electrons. The Balaban J connectivity index is 2.00. The molecule has 5 nitrogen and oxygen atoms in total. The van der Waals surface area contributed by atoms with Gasteiger partial charge in [0.25, 0.3) is 0 Å². The Hall–Kier alpha value is -2.45. The first-order chi connectivity index (χ1) is 10.3. The lowest BCUT2D eigenvalue weighted by molar-refractivity contribution is 0.774. The summed E-state index contributed by atoms with van der Waals surface area (Å²) in [6, 6.07) is 7.79. The van der Waals surface area contributed by atoms with E-state index in [2.05, 4.69) is 19.6 Å². The van der Waals surface area contributed by atoms with Crippen molar-refractivity contribution in [2.75, 3.05) is 0 Å². The van der Waals surface area contributed by atoms with Crippen molar-refractivity contribution in [3.63, 3.8) is 0 Å². The molecule has 1 aliphatic carbocycles. The number of halogens is 1. The fraction of sp³-hybridized carbons (Fsp3) is 0.200. The van der Waals surface area contributed by atoms with Gasteiger partial charge in [-0.1, -0.05) is 17.7 Å². The SMILES string of the molecule is [C-]#[N+]c1ccc2nc(-c3cnnc(Cl)c3)n(C3CC3)c2c1. The van der Waals surface area contributed by atoms with Crippen molar-refractivity contribution in [3.05, 3.63) is 47.0 Å². The summed E-state index contributed by atoms with van der Waals surface area (Å²) in [5.41, 5.74) is 3.36. The van der Waals surface area contributed by atoms with Crippen LogP contribution in [0.25, 0.3) is 27.3 Å². The van der Waals surface area contributed by atoms with Gasteiger partial charge >= 0.3 is 0 Å². The first kappa shape index (κ1) is 12.3. The summed E-state index contributed by atoms with van der Waals surface area (Å²) >= 11 is 5.94. The standard InChI is InChI=1S/C15H10ClN5/c1-17-10-2-5-12-13(7-10)21(11-3-4-11)15(19-12)9-6-14(16)20-18-8-9/h2,5-8,11H,3-4H2. The molecule has 0 amide bonds. The van der Waals surface area contributed by atoms with Crippen LogP contribution < -0.4 is 0 Å². The summed E-state index contributed by atoms with van der Waals surface area (Å²) in [5.74, 6) is 0.839. The van der Waals surface area contributed by atoms with E-state index >= 15 is 0 Å². The molecule has 0 bridgehead atoms. The lowest BCUT2D eigenvalue weighted by Gasteiger charge is -2.07. The number of aromatic nitrogens is 4. The van der Waals surface area contributed by atoms with Crippen molar-refractivity contribution >= 4 is 28.3 Å². The minimum absolute atomic E-state index is 0.351. The van der Waals surface area contributed by atoms with E-state index < -0.39 is 0 Å². The van der Waals surface area contributed by atoms with Crippen LogP contribution in [0.5, 0.6) is 0 Å². The van der Waals surface area contributed by atoms with Gasteiger partial charge in [-0.15, -0.1) is 5.10 Å². The fourth-order valence-corrected chi connectivity index (χ4v) is 2.68. The maximum Gasteiger partial charge on any atom is 0.189 e. The molecule has 2 heterocycles. The van der Waals surface area contributed by atoms with Crippen molar-refractivity contribution in [2.24, 2.45) is 0 Å². The first-order valence-corrected chi connectivity index (χ1v) is 7.02. The van der Waals surface area contributed by atoms with Gasteiger partial charge in [-0.25, -0.2) is 9.83 Å². The number of fused-ring (bicyclic) bond motifs is 1. The largest absolute Gasteiger partial charge is 0.322 e. The predicted molar refractivity (Wildman–Crippen MR) is 80.3 cm³/mol. The average molecular weight is 296 g/mol. The zero-order valence-corrected chi connectivity index (χ0v) is 11.7. The molecule has 3 aromatic rings. The van der Waals surface area contributed by atoms with Crippen LogP contribution in [0.3, 0.4) is 0 Å². The minimum Gasteiger partial charge on any atom is -0.322 e. The number of hydrogen-bond acceptors (Lipinski definition) is 3. The molecular formula is C15H10ClN5. The molecule has 2 aromatic heterocycles. The van der Waals surface area contributed by atoms with Crippen LogP contribution >= 0.6 is 11.6 Å². The van der Waals surface area contributed by atoms with Crippen molar-refractivity contribution in [1.82, 2.24) is 19.7 Å². The monoisotopic (exact) mass is 295 g/mol. The lowest BCUT2D eigenvalue weighted by atomic mass is 10.2. The van der Waals surface area contributed by atoms with E-state index in [1.165, 1.54) is 0 Å². The molecule has 0 atom stereocenters. The Morgan fingerprint density at radius 1 is 1.29 bits per heavy atom. The molecular weight excluding hydrogens is 286 g/mol. The van der Waals surface area contributed by atoms with Gasteiger partial charge in [-0.2, -0.15) is 5.10 Å². The van der Waals surface area contributed by atoms with Gasteiger partial charge in [0.1, 0.15) is 5.82 Å². The highest BCUT2D eigenvalue weighted by molar-refractivity contribution is 6.29. The third-order valence-electron chi connectivity index (χ3n) is 3.60. The molecule has 1 saturated carbocycles. The zero-order chi connectivity index (χ0) is 14.4. The lowest BCUT2D eigenvalue weighted by Crippen LogP contribution is -1.98. The van der Waals surface area contributed by atoms with E-state index in [1.807, 2.05) is 12.1 Å². The van der Waals surface area contributed by atoms with Gasteiger partial charge < -0.3 is 4.57 Å². The summed E-state index contributed by atoms with van der Waals surface area (Å²) in [5, 5.41) is 8.03. The molecule has 4 rings (SSSR count). The van der Waals surface area contributed by atoms with Crippen LogP contribution in [-0.2, 0) is 0 Å². The van der Waals surface area contributed by atoms with Crippen LogP contribution in [0.1, 0.15) is 18.9 Å². The summed E-state index contributed by atoms with van der Waals surface area (Å²) < 4.78 is 2.19. The normalized spacial score (nSPS) is 14.3. The Morgan fingerprint density at radius 2 is 2.14 bits per heavy atom. The number of benzene rings is 1. The topological polar surface area (TPSA) is 48.0 Å². The number of hydrogen-bond donors (Lipinski definition) is 0. The van der Waals surface area contributed by atoms with Gasteiger partial charge in [0.2, 0.25) is 0 Å². The Kier molecular flexibility index (Phi) is 2.66. The second-order valence-corrected chi connectivity index (χ2v) is 5.48. The minimum atomic E-state index is 0.351. The average Bonchev–Trinajstić information content (AvgIpc) is 3.26. The van der Waals surface area contributed by atoms with Gasteiger partial charge in [-0.3, -0.25) is 0 Å². The van der Waals surface area contributed by atoms with Crippen LogP contribution in [-0.4, -0.2) is 19.7 Å². The van der Waals surface area contributed by atoms with E-state index in [1.54, 1.807) is 18.3 Å². The van der Waals surface area contributed by atoms with Crippen LogP contribution in [0.15, 0.2) is 30.5 Å². The predicted octanol–water partition coefficient (Wildman–Crippen LogP) is 4.03. The third-order valence-corrected chi connectivity index (χ3v) is 3.78. The van der Waals surface area contributed by atoms with Crippen molar-refractivity contribution in [1.29, 1.82) is 0 Å². The highest BCUT2D eigenvalue weighted by atomic mass is 35.5. The molecule has 0 saturated heterocycles. The molecule has 1 aliphatic rings. The number of imidazole rings is 1. The highest BCUT2D eigenvalue weighted by Crippen LogP contribution is 2.41. The molecule has 0 aliphatic heterocycles. The maximum absolute atomic E-state index is 7.17. The quantitative estimate of drug-likeness (QED) is 0.671. The molecule has 1 aromatic carbocycles. The Bertz CT molecular complexity index is 889. The Morgan fingerprint density at radius 3 is 2.86 bits per heavy atom. The Labute approximate surface area is 126 Å². The molecule has 6 heteroatoms. The molecule has 0 N–H and O–H groups in total. The summed E-state index contributed by atoms with van der Waals surface area (Å²) in [4.78, 5) is 8.20. The second kappa shape index (κ2) is 4.54. The molecule has 1 fully saturated rings. The number of nitrogens with zero attached hydrogens (tertiary/aromatic N) is 5. The molecule has 0 radical (unpaired) electrons.